The van der Waals surface area contributed by atoms with Crippen LogP contribution in [0, 0.1) is 0 Å². The molecule has 2 unspecified atom stereocenters. The highest BCUT2D eigenvalue weighted by atomic mass is 16.5. The monoisotopic (exact) mass is 316 g/mol. The summed E-state index contributed by atoms with van der Waals surface area (Å²) in [5, 5.41) is 3.54. The van der Waals surface area contributed by atoms with Gasteiger partial charge in [0.1, 0.15) is 0 Å². The van der Waals surface area contributed by atoms with E-state index in [1.807, 2.05) is 18.3 Å². The Hall–Kier alpha value is -2.17. The Morgan fingerprint density at radius 1 is 1.00 bits per heavy atom. The molecule has 1 aliphatic heterocycles. The molecule has 1 N–H and O–H groups in total. The molecular weight excluding hydrogens is 292 g/mol. The summed E-state index contributed by atoms with van der Waals surface area (Å²) in [5.74, 6) is 1.90. The summed E-state index contributed by atoms with van der Waals surface area (Å²) in [5.41, 5.74) is 2.02. The quantitative estimate of drug-likeness (QED) is 0.927. The molecule has 5 heteroatoms. The van der Waals surface area contributed by atoms with Gasteiger partial charge in [-0.3, -0.25) is 4.99 Å². The van der Waals surface area contributed by atoms with Crippen molar-refractivity contribution < 1.29 is 14.2 Å². The van der Waals surface area contributed by atoms with Gasteiger partial charge in [-0.25, -0.2) is 0 Å². The lowest BCUT2D eigenvalue weighted by atomic mass is 9.91. The molecule has 1 aliphatic carbocycles. The Balaban J connectivity index is 1.96. The van der Waals surface area contributed by atoms with Crippen molar-refractivity contribution in [2.45, 2.75) is 37.8 Å². The molecule has 0 spiro atoms. The molecule has 0 aromatic heterocycles. The topological polar surface area (TPSA) is 52.1 Å². The van der Waals surface area contributed by atoms with Gasteiger partial charge in [-0.05, 0) is 30.5 Å². The molecule has 0 radical (unpaired) electrons. The molecule has 2 atom stereocenters. The molecule has 5 nitrogen and oxygen atoms in total. The lowest BCUT2D eigenvalue weighted by molar-refractivity contribution is 0.324. The fourth-order valence-corrected chi connectivity index (χ4v) is 3.30. The van der Waals surface area contributed by atoms with E-state index in [2.05, 4.69) is 11.5 Å². The Bertz CT molecular complexity index is 600. The third kappa shape index (κ3) is 3.14. The number of aliphatic imine (C=N–C) groups is 1. The molecule has 1 fully saturated rings. The van der Waals surface area contributed by atoms with Crippen molar-refractivity contribution in [2.75, 3.05) is 21.3 Å². The number of rotatable bonds is 4. The van der Waals surface area contributed by atoms with E-state index in [4.69, 9.17) is 19.2 Å². The maximum absolute atomic E-state index is 5.44. The van der Waals surface area contributed by atoms with Crippen LogP contribution in [0.2, 0.25) is 0 Å². The van der Waals surface area contributed by atoms with Crippen LogP contribution in [0.4, 0.5) is 0 Å². The van der Waals surface area contributed by atoms with E-state index in [0.717, 1.165) is 17.6 Å². The van der Waals surface area contributed by atoms with Crippen LogP contribution in [-0.2, 0) is 0 Å². The zero-order chi connectivity index (χ0) is 16.2. The molecular formula is C18H24N2O3. The van der Waals surface area contributed by atoms with Gasteiger partial charge in [-0.1, -0.05) is 12.8 Å². The fraction of sp³-hybridized carbons (Fsp3) is 0.500. The lowest BCUT2D eigenvalue weighted by Gasteiger charge is -2.27. The maximum Gasteiger partial charge on any atom is 0.203 e. The molecule has 2 aliphatic rings. The second-order valence-electron chi connectivity index (χ2n) is 5.92. The molecule has 1 aromatic carbocycles. The van der Waals surface area contributed by atoms with Gasteiger partial charge in [0, 0.05) is 24.0 Å². The van der Waals surface area contributed by atoms with Gasteiger partial charge in [0.15, 0.2) is 11.5 Å². The summed E-state index contributed by atoms with van der Waals surface area (Å²) in [6, 6.07) is 4.73. The summed E-state index contributed by atoms with van der Waals surface area (Å²) in [7, 11) is 4.87. The average Bonchev–Trinajstić information content (AvgIpc) is 2.83. The molecule has 0 saturated heterocycles. The Morgan fingerprint density at radius 3 is 2.35 bits per heavy atom. The van der Waals surface area contributed by atoms with E-state index in [0.29, 0.717) is 29.3 Å². The number of hydrogen-bond donors (Lipinski definition) is 1. The molecule has 23 heavy (non-hydrogen) atoms. The minimum Gasteiger partial charge on any atom is -0.493 e. The highest BCUT2D eigenvalue weighted by Gasteiger charge is 2.25. The zero-order valence-corrected chi connectivity index (χ0v) is 14.0. The van der Waals surface area contributed by atoms with Gasteiger partial charge in [-0.2, -0.15) is 0 Å². The highest BCUT2D eigenvalue weighted by Crippen LogP contribution is 2.40. The third-order valence-electron chi connectivity index (χ3n) is 4.59. The lowest BCUT2D eigenvalue weighted by Crippen LogP contribution is -2.37. The predicted molar refractivity (Wildman–Crippen MR) is 91.7 cm³/mol. The molecule has 0 bridgehead atoms. The van der Waals surface area contributed by atoms with Crippen LogP contribution in [0.1, 0.15) is 31.2 Å². The molecule has 3 rings (SSSR count). The van der Waals surface area contributed by atoms with Crippen molar-refractivity contribution in [3.8, 4) is 17.2 Å². The van der Waals surface area contributed by atoms with Gasteiger partial charge in [0.05, 0.1) is 27.4 Å². The number of nitrogens with zero attached hydrogens (tertiary/aromatic N) is 1. The number of benzene rings is 1. The van der Waals surface area contributed by atoms with Crippen LogP contribution >= 0.6 is 0 Å². The summed E-state index contributed by atoms with van der Waals surface area (Å²) in [6.45, 7) is 0. The first-order valence-corrected chi connectivity index (χ1v) is 8.06. The van der Waals surface area contributed by atoms with Gasteiger partial charge >= 0.3 is 0 Å². The third-order valence-corrected chi connectivity index (χ3v) is 4.59. The smallest absolute Gasteiger partial charge is 0.203 e. The molecule has 0 amide bonds. The summed E-state index contributed by atoms with van der Waals surface area (Å²) in [4.78, 5) is 4.79. The van der Waals surface area contributed by atoms with Gasteiger partial charge in [0.2, 0.25) is 5.75 Å². The number of ether oxygens (including phenoxy) is 3. The van der Waals surface area contributed by atoms with Gasteiger partial charge in [0.25, 0.3) is 0 Å². The van der Waals surface area contributed by atoms with Gasteiger partial charge in [-0.15, -0.1) is 0 Å². The Kier molecular flexibility index (Phi) is 4.74. The summed E-state index contributed by atoms with van der Waals surface area (Å²) >= 11 is 0. The highest BCUT2D eigenvalue weighted by molar-refractivity contribution is 6.10. The van der Waals surface area contributed by atoms with E-state index in [-0.39, 0.29) is 0 Å². The zero-order valence-electron chi connectivity index (χ0n) is 14.0. The number of hydrogen-bond acceptors (Lipinski definition) is 5. The number of nitrogens with one attached hydrogen (secondary N) is 1. The van der Waals surface area contributed by atoms with E-state index < -0.39 is 0 Å². The number of fused-ring (bicyclic) bond motifs is 1. The first-order valence-electron chi connectivity index (χ1n) is 8.06. The SMILES string of the molecule is COc1cc(C2=CNC3CCCCC3N=C2)cc(OC)c1OC. The number of allylic oxidation sites excluding steroid dienone is 1. The second-order valence-corrected chi connectivity index (χ2v) is 5.92. The first-order chi connectivity index (χ1) is 11.3. The average molecular weight is 316 g/mol. The molecule has 1 aromatic rings. The summed E-state index contributed by atoms with van der Waals surface area (Å²) < 4.78 is 16.3. The van der Waals surface area contributed by atoms with Crippen LogP contribution in [0.3, 0.4) is 0 Å². The van der Waals surface area contributed by atoms with Gasteiger partial charge < -0.3 is 19.5 Å². The second kappa shape index (κ2) is 6.94. The minimum absolute atomic E-state index is 0.375. The normalized spacial score (nSPS) is 23.2. The summed E-state index contributed by atoms with van der Waals surface area (Å²) in [6.07, 6.45) is 8.90. The maximum atomic E-state index is 5.44. The standard InChI is InChI=1S/C18H24N2O3/c1-21-16-8-12(9-17(22-2)18(16)23-3)13-10-19-14-6-4-5-7-15(14)20-11-13/h8-11,14-15,19H,4-7H2,1-3H3. The first kappa shape index (κ1) is 15.7. The van der Waals surface area contributed by atoms with E-state index in [1.165, 1.54) is 19.3 Å². The van der Waals surface area contributed by atoms with Crippen molar-refractivity contribution >= 4 is 11.8 Å². The van der Waals surface area contributed by atoms with E-state index >= 15 is 0 Å². The van der Waals surface area contributed by atoms with Crippen LogP contribution in [-0.4, -0.2) is 39.6 Å². The van der Waals surface area contributed by atoms with Crippen molar-refractivity contribution in [3.63, 3.8) is 0 Å². The van der Waals surface area contributed by atoms with Crippen molar-refractivity contribution in [3.05, 3.63) is 23.9 Å². The van der Waals surface area contributed by atoms with Crippen LogP contribution in [0.25, 0.3) is 5.57 Å². The molecule has 1 heterocycles. The van der Waals surface area contributed by atoms with E-state index in [1.54, 1.807) is 21.3 Å². The fourth-order valence-electron chi connectivity index (χ4n) is 3.30. The predicted octanol–water partition coefficient (Wildman–Crippen LogP) is 3.04. The molecule has 124 valence electrons. The van der Waals surface area contributed by atoms with Crippen LogP contribution < -0.4 is 19.5 Å². The van der Waals surface area contributed by atoms with Crippen molar-refractivity contribution in [2.24, 2.45) is 4.99 Å². The van der Waals surface area contributed by atoms with Crippen LogP contribution in [0.5, 0.6) is 17.2 Å². The van der Waals surface area contributed by atoms with Crippen LogP contribution in [0.15, 0.2) is 23.3 Å². The minimum atomic E-state index is 0.375. The number of methoxy groups -OCH3 is 3. The van der Waals surface area contributed by atoms with E-state index in [9.17, 15) is 0 Å². The molecule has 1 saturated carbocycles. The van der Waals surface area contributed by atoms with Crippen molar-refractivity contribution in [1.82, 2.24) is 5.32 Å². The largest absolute Gasteiger partial charge is 0.493 e. The Labute approximate surface area is 137 Å². The van der Waals surface area contributed by atoms with Crippen molar-refractivity contribution in [1.29, 1.82) is 0 Å². The Morgan fingerprint density at radius 2 is 1.70 bits per heavy atom.